The summed E-state index contributed by atoms with van der Waals surface area (Å²) in [4.78, 5) is 15.4. The van der Waals surface area contributed by atoms with Crippen LogP contribution >= 0.6 is 27.5 Å². The highest BCUT2D eigenvalue weighted by Crippen LogP contribution is 2.33. The van der Waals surface area contributed by atoms with Crippen molar-refractivity contribution in [3.63, 3.8) is 0 Å². The monoisotopic (exact) mass is 470 g/mol. The van der Waals surface area contributed by atoms with Crippen LogP contribution in [0.25, 0.3) is 0 Å². The Balaban J connectivity index is 1.79. The maximum Gasteiger partial charge on any atom is 0.153 e. The highest BCUT2D eigenvalue weighted by Gasteiger charge is 2.12. The van der Waals surface area contributed by atoms with Crippen LogP contribution in [-0.4, -0.2) is 11.3 Å². The third-order valence-electron chi connectivity index (χ3n) is 4.27. The van der Waals surface area contributed by atoms with Crippen LogP contribution in [0.15, 0.2) is 53.3 Å². The lowest BCUT2D eigenvalue weighted by Gasteiger charge is -2.14. The van der Waals surface area contributed by atoms with E-state index in [9.17, 15) is 4.79 Å². The lowest BCUT2D eigenvalue weighted by molar-refractivity contribution is 0.111. The Labute approximate surface area is 182 Å². The van der Waals surface area contributed by atoms with Crippen LogP contribution in [0.2, 0.25) is 5.02 Å². The summed E-state index contributed by atoms with van der Waals surface area (Å²) in [5.74, 6) is 0.753. The summed E-state index contributed by atoms with van der Waals surface area (Å²) in [7, 11) is 0. The molecule has 0 fully saturated rings. The topological polar surface area (TPSA) is 72.2 Å². The molecule has 7 heteroatoms. The Kier molecular flexibility index (Phi) is 6.86. The molecule has 0 spiro atoms. The first-order valence-corrected chi connectivity index (χ1v) is 9.81. The molecule has 0 N–H and O–H groups in total. The summed E-state index contributed by atoms with van der Waals surface area (Å²) >= 11 is 9.78. The molecule has 29 heavy (non-hydrogen) atoms. The van der Waals surface area contributed by atoms with Gasteiger partial charge in [-0.05, 0) is 36.2 Å². The van der Waals surface area contributed by atoms with Gasteiger partial charge in [-0.1, -0.05) is 39.7 Å². The smallest absolute Gasteiger partial charge is 0.153 e. The van der Waals surface area contributed by atoms with Crippen LogP contribution in [0.1, 0.15) is 32.6 Å². The van der Waals surface area contributed by atoms with Crippen molar-refractivity contribution in [1.29, 1.82) is 5.26 Å². The zero-order valence-electron chi connectivity index (χ0n) is 15.5. The number of carbonyl (C=O) groups is 1. The normalized spacial score (nSPS) is 10.3. The van der Waals surface area contributed by atoms with E-state index in [2.05, 4.69) is 20.9 Å². The molecule has 0 amide bonds. The SMILES string of the molecule is Cc1c(Br)cccc1COc1cc(OCc2cncc(C#N)c2)c(C=O)cc1Cl. The van der Waals surface area contributed by atoms with Crippen molar-refractivity contribution in [2.75, 3.05) is 0 Å². The maximum absolute atomic E-state index is 11.4. The third-order valence-corrected chi connectivity index (χ3v) is 5.43. The average Bonchev–Trinajstić information content (AvgIpc) is 2.74. The maximum atomic E-state index is 11.4. The standard InChI is InChI=1S/C22H16BrClN2O3/c1-14-17(3-2-4-19(14)23)13-29-22-7-21(18(11-27)6-20(22)24)28-12-16-5-15(8-25)9-26-10-16/h2-7,9-11H,12-13H2,1H3. The average molecular weight is 472 g/mol. The third kappa shape index (κ3) is 5.14. The molecule has 0 aliphatic heterocycles. The first-order valence-electron chi connectivity index (χ1n) is 8.64. The van der Waals surface area contributed by atoms with Gasteiger partial charge in [0.05, 0.1) is 16.1 Å². The fourth-order valence-electron chi connectivity index (χ4n) is 2.63. The molecule has 2 aromatic carbocycles. The Bertz CT molecular complexity index is 1100. The molecule has 0 bridgehead atoms. The molecule has 0 aliphatic rings. The summed E-state index contributed by atoms with van der Waals surface area (Å²) < 4.78 is 12.7. The Hall–Kier alpha value is -2.88. The summed E-state index contributed by atoms with van der Waals surface area (Å²) in [6.07, 6.45) is 3.75. The minimum atomic E-state index is 0.148. The molecular formula is C22H16BrClN2O3. The van der Waals surface area contributed by atoms with Gasteiger partial charge in [-0.15, -0.1) is 0 Å². The molecule has 0 saturated carbocycles. The van der Waals surface area contributed by atoms with Crippen molar-refractivity contribution in [1.82, 2.24) is 4.98 Å². The first-order chi connectivity index (χ1) is 14.0. The van der Waals surface area contributed by atoms with Crippen molar-refractivity contribution in [2.24, 2.45) is 0 Å². The zero-order chi connectivity index (χ0) is 20.8. The van der Waals surface area contributed by atoms with Gasteiger partial charge in [0.15, 0.2) is 6.29 Å². The number of nitrogens with zero attached hydrogens (tertiary/aromatic N) is 2. The molecule has 0 radical (unpaired) electrons. The van der Waals surface area contributed by atoms with E-state index in [0.717, 1.165) is 15.6 Å². The number of hydrogen-bond acceptors (Lipinski definition) is 5. The number of rotatable bonds is 7. The van der Waals surface area contributed by atoms with E-state index in [4.69, 9.17) is 26.3 Å². The summed E-state index contributed by atoms with van der Waals surface area (Å²) in [6, 6.07) is 12.7. The number of aldehydes is 1. The van der Waals surface area contributed by atoms with Crippen LogP contribution in [0, 0.1) is 18.3 Å². The van der Waals surface area contributed by atoms with Gasteiger partial charge < -0.3 is 9.47 Å². The molecule has 0 unspecified atom stereocenters. The zero-order valence-corrected chi connectivity index (χ0v) is 17.8. The highest BCUT2D eigenvalue weighted by molar-refractivity contribution is 9.10. The summed E-state index contributed by atoms with van der Waals surface area (Å²) in [6.45, 7) is 2.46. The Morgan fingerprint density at radius 3 is 2.72 bits per heavy atom. The van der Waals surface area contributed by atoms with E-state index < -0.39 is 0 Å². The van der Waals surface area contributed by atoms with Crippen LogP contribution < -0.4 is 9.47 Å². The second-order valence-corrected chi connectivity index (χ2v) is 7.49. The lowest BCUT2D eigenvalue weighted by atomic mass is 10.1. The van der Waals surface area contributed by atoms with Crippen LogP contribution in [0.4, 0.5) is 0 Å². The lowest BCUT2D eigenvalue weighted by Crippen LogP contribution is -2.02. The van der Waals surface area contributed by atoms with Gasteiger partial charge in [0.2, 0.25) is 0 Å². The molecule has 0 saturated heterocycles. The fraction of sp³-hybridized carbons (Fsp3) is 0.136. The molecule has 3 aromatic rings. The van der Waals surface area contributed by atoms with Gasteiger partial charge in [-0.2, -0.15) is 5.26 Å². The van der Waals surface area contributed by atoms with E-state index in [0.29, 0.717) is 46.1 Å². The fourth-order valence-corrected chi connectivity index (χ4v) is 3.26. The van der Waals surface area contributed by atoms with Crippen LogP contribution in [0.5, 0.6) is 11.5 Å². The van der Waals surface area contributed by atoms with E-state index in [-0.39, 0.29) is 6.61 Å². The Morgan fingerprint density at radius 1 is 1.17 bits per heavy atom. The number of carbonyl (C=O) groups excluding carboxylic acids is 1. The van der Waals surface area contributed by atoms with Crippen LogP contribution in [0.3, 0.4) is 0 Å². The van der Waals surface area contributed by atoms with Crippen molar-refractivity contribution < 1.29 is 14.3 Å². The highest BCUT2D eigenvalue weighted by atomic mass is 79.9. The van der Waals surface area contributed by atoms with E-state index >= 15 is 0 Å². The minimum Gasteiger partial charge on any atom is -0.488 e. The number of pyridine rings is 1. The minimum absolute atomic E-state index is 0.148. The van der Waals surface area contributed by atoms with Crippen molar-refractivity contribution in [3.8, 4) is 17.6 Å². The van der Waals surface area contributed by atoms with Crippen molar-refractivity contribution in [2.45, 2.75) is 20.1 Å². The number of nitriles is 1. The van der Waals surface area contributed by atoms with Gasteiger partial charge >= 0.3 is 0 Å². The second kappa shape index (κ2) is 9.55. The number of ether oxygens (including phenoxy) is 2. The van der Waals surface area contributed by atoms with Crippen LogP contribution in [-0.2, 0) is 13.2 Å². The second-order valence-electron chi connectivity index (χ2n) is 6.23. The van der Waals surface area contributed by atoms with Gasteiger partial charge in [-0.3, -0.25) is 9.78 Å². The van der Waals surface area contributed by atoms with Crippen molar-refractivity contribution >= 4 is 33.8 Å². The Morgan fingerprint density at radius 2 is 1.97 bits per heavy atom. The quantitative estimate of drug-likeness (QED) is 0.416. The number of hydrogen-bond donors (Lipinski definition) is 0. The van der Waals surface area contributed by atoms with Crippen molar-refractivity contribution in [3.05, 3.63) is 86.1 Å². The molecular weight excluding hydrogens is 456 g/mol. The van der Waals surface area contributed by atoms with Gasteiger partial charge in [-0.25, -0.2) is 0 Å². The molecule has 5 nitrogen and oxygen atoms in total. The molecule has 1 heterocycles. The molecule has 3 rings (SSSR count). The van der Waals surface area contributed by atoms with Gasteiger partial charge in [0.1, 0.15) is 30.8 Å². The summed E-state index contributed by atoms with van der Waals surface area (Å²) in [5.41, 5.74) is 3.55. The van der Waals surface area contributed by atoms with E-state index in [1.807, 2.05) is 31.2 Å². The van der Waals surface area contributed by atoms with E-state index in [1.54, 1.807) is 18.3 Å². The predicted molar refractivity (Wildman–Crippen MR) is 113 cm³/mol. The number of benzene rings is 2. The number of aromatic nitrogens is 1. The predicted octanol–water partition coefficient (Wildman–Crippen LogP) is 5.65. The largest absolute Gasteiger partial charge is 0.488 e. The van der Waals surface area contributed by atoms with Gasteiger partial charge in [0, 0.05) is 28.5 Å². The molecule has 0 aliphatic carbocycles. The van der Waals surface area contributed by atoms with E-state index in [1.165, 1.54) is 12.3 Å². The van der Waals surface area contributed by atoms with Gasteiger partial charge in [0.25, 0.3) is 0 Å². The molecule has 1 aromatic heterocycles. The molecule has 0 atom stereocenters. The molecule has 146 valence electrons. The summed E-state index contributed by atoms with van der Waals surface area (Å²) in [5, 5.41) is 9.29. The number of halogens is 2. The first kappa shape index (κ1) is 20.8.